The van der Waals surface area contributed by atoms with Gasteiger partial charge >= 0.3 is 5.97 Å². The van der Waals surface area contributed by atoms with E-state index in [1.165, 1.54) is 31.4 Å². The first-order chi connectivity index (χ1) is 15.3. The average Bonchev–Trinajstić information content (AvgIpc) is 3.01. The van der Waals surface area contributed by atoms with Gasteiger partial charge in [0.2, 0.25) is 0 Å². The molecule has 0 saturated carbocycles. The number of imide groups is 1. The fraction of sp³-hybridized carbons (Fsp3) is 0.227. The van der Waals surface area contributed by atoms with E-state index in [2.05, 4.69) is 0 Å². The largest absolute Gasteiger partial charge is 0.493 e. The highest BCUT2D eigenvalue weighted by atomic mass is 127. The Morgan fingerprint density at radius 2 is 1.94 bits per heavy atom. The van der Waals surface area contributed by atoms with Gasteiger partial charge in [-0.05, 0) is 82.7 Å². The van der Waals surface area contributed by atoms with Gasteiger partial charge in [0.05, 0.1) is 28.7 Å². The van der Waals surface area contributed by atoms with Crippen LogP contribution >= 0.6 is 34.4 Å². The molecule has 1 fully saturated rings. The van der Waals surface area contributed by atoms with Crippen LogP contribution in [0.15, 0.2) is 41.3 Å². The fourth-order valence-electron chi connectivity index (χ4n) is 2.86. The Bertz CT molecular complexity index is 1070. The molecule has 0 unspecified atom stereocenters. The summed E-state index contributed by atoms with van der Waals surface area (Å²) in [7, 11) is 1.46. The first kappa shape index (κ1) is 24.1. The second-order valence-corrected chi connectivity index (χ2v) is 8.68. The van der Waals surface area contributed by atoms with Crippen LogP contribution in [0.3, 0.4) is 0 Å². The van der Waals surface area contributed by atoms with Crippen LogP contribution in [0.4, 0.5) is 9.18 Å². The predicted molar refractivity (Wildman–Crippen MR) is 126 cm³/mol. The highest BCUT2D eigenvalue weighted by Gasteiger charge is 2.35. The van der Waals surface area contributed by atoms with Crippen molar-refractivity contribution >= 4 is 57.5 Å². The van der Waals surface area contributed by atoms with Crippen molar-refractivity contribution in [3.8, 4) is 11.5 Å². The summed E-state index contributed by atoms with van der Waals surface area (Å²) in [5, 5.41) is -0.401. The Morgan fingerprint density at radius 1 is 1.22 bits per heavy atom. The summed E-state index contributed by atoms with van der Waals surface area (Å²) in [5.74, 6) is -0.563. The van der Waals surface area contributed by atoms with Crippen LogP contribution in [-0.2, 0) is 20.9 Å². The molecule has 10 heteroatoms. The van der Waals surface area contributed by atoms with Crippen molar-refractivity contribution < 1.29 is 33.0 Å². The SMILES string of the molecule is CCOC(=O)COc1c(I)cc(/C=C2\SC(=O)N(Cc3ccc(F)cc3)C2=O)cc1OC. The van der Waals surface area contributed by atoms with Gasteiger partial charge in [0.25, 0.3) is 11.1 Å². The first-order valence-corrected chi connectivity index (χ1v) is 11.4. The molecule has 2 aromatic carbocycles. The lowest BCUT2D eigenvalue weighted by molar-refractivity contribution is -0.145. The van der Waals surface area contributed by atoms with Gasteiger partial charge in [-0.1, -0.05) is 12.1 Å². The van der Waals surface area contributed by atoms with Crippen molar-refractivity contribution in [3.05, 3.63) is 61.8 Å². The molecular weight excluding hydrogens is 552 g/mol. The van der Waals surface area contributed by atoms with Crippen molar-refractivity contribution in [3.63, 3.8) is 0 Å². The van der Waals surface area contributed by atoms with E-state index in [4.69, 9.17) is 14.2 Å². The number of hydrogen-bond donors (Lipinski definition) is 0. The van der Waals surface area contributed by atoms with Crippen LogP contribution in [0, 0.1) is 9.39 Å². The molecule has 1 aliphatic rings. The van der Waals surface area contributed by atoms with Crippen molar-refractivity contribution in [1.29, 1.82) is 0 Å². The van der Waals surface area contributed by atoms with Crippen LogP contribution in [0.25, 0.3) is 6.08 Å². The third-order valence-corrected chi connectivity index (χ3v) is 6.03. The number of carbonyl (C=O) groups excluding carboxylic acids is 3. The van der Waals surface area contributed by atoms with Gasteiger partial charge in [-0.2, -0.15) is 0 Å². The maximum atomic E-state index is 13.1. The molecule has 168 valence electrons. The molecule has 1 heterocycles. The minimum atomic E-state index is -0.496. The Balaban J connectivity index is 1.79. The minimum Gasteiger partial charge on any atom is -0.493 e. The second kappa shape index (κ2) is 10.8. The molecule has 0 aromatic heterocycles. The summed E-state index contributed by atoms with van der Waals surface area (Å²) in [6, 6.07) is 9.03. The molecule has 2 aromatic rings. The zero-order valence-corrected chi connectivity index (χ0v) is 20.2. The number of halogens is 2. The number of esters is 1. The second-order valence-electron chi connectivity index (χ2n) is 6.52. The molecule has 2 amide bonds. The van der Waals surface area contributed by atoms with E-state index in [0.29, 0.717) is 26.2 Å². The number of rotatable bonds is 8. The molecule has 0 bridgehead atoms. The summed E-state index contributed by atoms with van der Waals surface area (Å²) < 4.78 is 29.5. The average molecular weight is 571 g/mol. The maximum absolute atomic E-state index is 13.1. The van der Waals surface area contributed by atoms with Gasteiger partial charge in [-0.25, -0.2) is 9.18 Å². The smallest absolute Gasteiger partial charge is 0.344 e. The lowest BCUT2D eigenvalue weighted by Crippen LogP contribution is -2.27. The molecular formula is C22H19FINO6S. The first-order valence-electron chi connectivity index (χ1n) is 9.48. The molecule has 7 nitrogen and oxygen atoms in total. The van der Waals surface area contributed by atoms with Crippen molar-refractivity contribution in [2.75, 3.05) is 20.3 Å². The molecule has 1 saturated heterocycles. The van der Waals surface area contributed by atoms with Crippen LogP contribution < -0.4 is 9.47 Å². The van der Waals surface area contributed by atoms with Crippen LogP contribution in [-0.4, -0.2) is 42.3 Å². The van der Waals surface area contributed by atoms with E-state index in [9.17, 15) is 18.8 Å². The Labute approximate surface area is 202 Å². The van der Waals surface area contributed by atoms with E-state index in [0.717, 1.165) is 16.7 Å². The third kappa shape index (κ3) is 5.80. The van der Waals surface area contributed by atoms with Gasteiger partial charge in [0.1, 0.15) is 5.82 Å². The molecule has 0 N–H and O–H groups in total. The minimum absolute atomic E-state index is 0.0593. The van der Waals surface area contributed by atoms with E-state index in [1.807, 2.05) is 22.6 Å². The highest BCUT2D eigenvalue weighted by Crippen LogP contribution is 2.37. The summed E-state index contributed by atoms with van der Waals surface area (Å²) in [6.45, 7) is 1.76. The van der Waals surface area contributed by atoms with E-state index >= 15 is 0 Å². The van der Waals surface area contributed by atoms with Gasteiger partial charge < -0.3 is 14.2 Å². The lowest BCUT2D eigenvalue weighted by Gasteiger charge is -2.13. The Morgan fingerprint density at radius 3 is 2.59 bits per heavy atom. The number of amides is 2. The number of ether oxygens (including phenoxy) is 3. The molecule has 0 atom stereocenters. The lowest BCUT2D eigenvalue weighted by atomic mass is 10.1. The predicted octanol–water partition coefficient (Wildman–Crippen LogP) is 4.62. The monoisotopic (exact) mass is 571 g/mol. The van der Waals surface area contributed by atoms with Crippen molar-refractivity contribution in [2.45, 2.75) is 13.5 Å². The normalized spacial score (nSPS) is 14.8. The zero-order valence-electron chi connectivity index (χ0n) is 17.2. The number of methoxy groups -OCH3 is 1. The topological polar surface area (TPSA) is 82.1 Å². The van der Waals surface area contributed by atoms with Gasteiger partial charge in [0.15, 0.2) is 18.1 Å². The summed E-state index contributed by atoms with van der Waals surface area (Å²) in [5.41, 5.74) is 1.27. The van der Waals surface area contributed by atoms with Gasteiger partial charge in [0, 0.05) is 0 Å². The number of carbonyl (C=O) groups is 3. The molecule has 32 heavy (non-hydrogen) atoms. The number of benzene rings is 2. The molecule has 0 radical (unpaired) electrons. The van der Waals surface area contributed by atoms with Crippen LogP contribution in [0.1, 0.15) is 18.1 Å². The van der Waals surface area contributed by atoms with Crippen LogP contribution in [0.5, 0.6) is 11.5 Å². The van der Waals surface area contributed by atoms with Gasteiger partial charge in [-0.15, -0.1) is 0 Å². The molecule has 1 aliphatic heterocycles. The third-order valence-electron chi connectivity index (χ3n) is 4.32. The standard InChI is InChI=1S/C22H19FINO6S/c1-3-30-19(26)12-31-20-16(24)8-14(9-17(20)29-2)10-18-21(27)25(22(28)32-18)11-13-4-6-15(23)7-5-13/h4-10H,3,11-12H2,1-2H3/b18-10-. The highest BCUT2D eigenvalue weighted by molar-refractivity contribution is 14.1. The van der Waals surface area contributed by atoms with E-state index < -0.39 is 17.1 Å². The Kier molecular flexibility index (Phi) is 8.13. The Hall–Kier alpha value is -2.60. The number of hydrogen-bond acceptors (Lipinski definition) is 7. The number of thioether (sulfide) groups is 1. The van der Waals surface area contributed by atoms with Crippen molar-refractivity contribution in [1.82, 2.24) is 4.90 Å². The summed E-state index contributed by atoms with van der Waals surface area (Å²) >= 11 is 2.87. The van der Waals surface area contributed by atoms with Crippen LogP contribution in [0.2, 0.25) is 0 Å². The molecule has 3 rings (SSSR count). The molecule has 0 aliphatic carbocycles. The number of nitrogens with zero attached hydrogens (tertiary/aromatic N) is 1. The summed E-state index contributed by atoms with van der Waals surface area (Å²) in [6.07, 6.45) is 1.59. The quantitative estimate of drug-likeness (QED) is 0.260. The van der Waals surface area contributed by atoms with Gasteiger partial charge in [-0.3, -0.25) is 14.5 Å². The zero-order chi connectivity index (χ0) is 23.3. The fourth-order valence-corrected chi connectivity index (χ4v) is 4.48. The van der Waals surface area contributed by atoms with E-state index in [-0.39, 0.29) is 30.5 Å². The van der Waals surface area contributed by atoms with Crippen molar-refractivity contribution in [2.24, 2.45) is 0 Å². The van der Waals surface area contributed by atoms with E-state index in [1.54, 1.807) is 25.1 Å². The maximum Gasteiger partial charge on any atom is 0.344 e. The summed E-state index contributed by atoms with van der Waals surface area (Å²) in [4.78, 5) is 38.1. The molecule has 0 spiro atoms.